The Morgan fingerprint density at radius 2 is 2.06 bits per heavy atom. The van der Waals surface area contributed by atoms with E-state index in [1.807, 2.05) is 0 Å². The molecule has 1 N–H and O–H groups in total. The summed E-state index contributed by atoms with van der Waals surface area (Å²) in [5.41, 5.74) is 3.38. The van der Waals surface area contributed by atoms with Crippen molar-refractivity contribution in [3.63, 3.8) is 0 Å². The van der Waals surface area contributed by atoms with E-state index in [1.165, 1.54) is 36.9 Å². The molecular weight excluding hydrogens is 222 g/mol. The number of nitrogens with one attached hydrogen (secondary N) is 1. The number of piperidine rings is 1. The summed E-state index contributed by atoms with van der Waals surface area (Å²) < 4.78 is 5.58. The van der Waals surface area contributed by atoms with Crippen molar-refractivity contribution in [2.75, 3.05) is 26.3 Å². The van der Waals surface area contributed by atoms with E-state index in [2.05, 4.69) is 36.5 Å². The van der Waals surface area contributed by atoms with E-state index < -0.39 is 0 Å². The summed E-state index contributed by atoms with van der Waals surface area (Å²) in [5.74, 6) is 0.662. The highest BCUT2D eigenvalue weighted by Crippen LogP contribution is 2.48. The number of ether oxygens (including phenoxy) is 1. The highest BCUT2D eigenvalue weighted by atomic mass is 16.5. The van der Waals surface area contributed by atoms with Crippen LogP contribution in [0.4, 0.5) is 0 Å². The van der Waals surface area contributed by atoms with Crippen molar-refractivity contribution in [2.45, 2.75) is 32.1 Å². The highest BCUT2D eigenvalue weighted by Gasteiger charge is 2.42. The summed E-state index contributed by atoms with van der Waals surface area (Å²) in [6.07, 6.45) is 3.76. The molecule has 2 nitrogen and oxygen atoms in total. The number of hydrogen-bond acceptors (Lipinski definition) is 2. The zero-order valence-electron chi connectivity index (χ0n) is 11.2. The SMILES string of the molecule is Cc1cccc(C2CNCCC23CCOCC3)c1. The molecule has 0 bridgehead atoms. The molecule has 0 aromatic heterocycles. The predicted octanol–water partition coefficient (Wildman–Crippen LogP) is 2.87. The minimum atomic E-state index is 0.483. The minimum Gasteiger partial charge on any atom is -0.381 e. The van der Waals surface area contributed by atoms with Crippen molar-refractivity contribution in [3.05, 3.63) is 35.4 Å². The predicted molar refractivity (Wildman–Crippen MR) is 73.9 cm³/mol. The molecule has 18 heavy (non-hydrogen) atoms. The van der Waals surface area contributed by atoms with Crippen LogP contribution in [0.3, 0.4) is 0 Å². The fraction of sp³-hybridized carbons (Fsp3) is 0.625. The van der Waals surface area contributed by atoms with Crippen molar-refractivity contribution in [2.24, 2.45) is 5.41 Å². The molecule has 2 aliphatic heterocycles. The smallest absolute Gasteiger partial charge is 0.0471 e. The van der Waals surface area contributed by atoms with Crippen LogP contribution in [-0.4, -0.2) is 26.3 Å². The van der Waals surface area contributed by atoms with Crippen LogP contribution in [0, 0.1) is 12.3 Å². The zero-order valence-corrected chi connectivity index (χ0v) is 11.2. The first-order valence-electron chi connectivity index (χ1n) is 7.15. The highest BCUT2D eigenvalue weighted by molar-refractivity contribution is 5.28. The lowest BCUT2D eigenvalue weighted by molar-refractivity contribution is -0.0134. The molecule has 3 rings (SSSR count). The number of hydrogen-bond donors (Lipinski definition) is 1. The molecular formula is C16H23NO. The van der Waals surface area contributed by atoms with Gasteiger partial charge in [0.2, 0.25) is 0 Å². The van der Waals surface area contributed by atoms with Crippen molar-refractivity contribution in [3.8, 4) is 0 Å². The van der Waals surface area contributed by atoms with Gasteiger partial charge in [0.15, 0.2) is 0 Å². The third kappa shape index (κ3) is 2.19. The van der Waals surface area contributed by atoms with E-state index in [4.69, 9.17) is 4.74 Å². The Bertz CT molecular complexity index is 401. The third-order valence-corrected chi connectivity index (χ3v) is 4.82. The Labute approximate surface area is 110 Å². The lowest BCUT2D eigenvalue weighted by Crippen LogP contribution is -2.46. The summed E-state index contributed by atoms with van der Waals surface area (Å²) in [6, 6.07) is 9.07. The first-order valence-corrected chi connectivity index (χ1v) is 7.15. The van der Waals surface area contributed by atoms with Gasteiger partial charge in [0, 0.05) is 25.7 Å². The second kappa shape index (κ2) is 5.02. The van der Waals surface area contributed by atoms with Gasteiger partial charge in [-0.05, 0) is 43.7 Å². The summed E-state index contributed by atoms with van der Waals surface area (Å²) in [4.78, 5) is 0. The van der Waals surface area contributed by atoms with Crippen LogP contribution < -0.4 is 5.32 Å². The van der Waals surface area contributed by atoms with Gasteiger partial charge in [0.25, 0.3) is 0 Å². The maximum absolute atomic E-state index is 5.58. The first-order chi connectivity index (χ1) is 8.80. The van der Waals surface area contributed by atoms with E-state index in [1.54, 1.807) is 0 Å². The lowest BCUT2D eigenvalue weighted by Gasteiger charge is -2.47. The Hall–Kier alpha value is -0.860. The lowest BCUT2D eigenvalue weighted by atomic mass is 9.63. The zero-order chi connectivity index (χ0) is 12.4. The molecule has 2 fully saturated rings. The summed E-state index contributed by atoms with van der Waals surface area (Å²) in [6.45, 7) is 6.38. The molecule has 1 aromatic carbocycles. The van der Waals surface area contributed by atoms with Gasteiger partial charge in [0.1, 0.15) is 0 Å². The molecule has 2 heteroatoms. The quantitative estimate of drug-likeness (QED) is 0.821. The molecule has 0 radical (unpaired) electrons. The second-order valence-corrected chi connectivity index (χ2v) is 5.90. The fourth-order valence-corrected chi connectivity index (χ4v) is 3.71. The Balaban J connectivity index is 1.91. The van der Waals surface area contributed by atoms with E-state index in [0.29, 0.717) is 11.3 Å². The topological polar surface area (TPSA) is 21.3 Å². The van der Waals surface area contributed by atoms with E-state index in [9.17, 15) is 0 Å². The maximum Gasteiger partial charge on any atom is 0.0471 e. The molecule has 0 saturated carbocycles. The van der Waals surface area contributed by atoms with Gasteiger partial charge in [0.05, 0.1) is 0 Å². The van der Waals surface area contributed by atoms with Crippen molar-refractivity contribution in [1.29, 1.82) is 0 Å². The van der Waals surface area contributed by atoms with Crippen molar-refractivity contribution >= 4 is 0 Å². The number of aryl methyl sites for hydroxylation is 1. The molecule has 1 unspecified atom stereocenters. The third-order valence-electron chi connectivity index (χ3n) is 4.82. The van der Waals surface area contributed by atoms with Gasteiger partial charge in [-0.15, -0.1) is 0 Å². The standard InChI is InChI=1S/C16H23NO/c1-13-3-2-4-14(11-13)15-12-17-8-5-16(15)6-9-18-10-7-16/h2-4,11,15,17H,5-10,12H2,1H3. The van der Waals surface area contributed by atoms with E-state index in [-0.39, 0.29) is 0 Å². The normalized spacial score (nSPS) is 27.3. The Kier molecular flexibility index (Phi) is 3.40. The summed E-state index contributed by atoms with van der Waals surface area (Å²) in [7, 11) is 0. The van der Waals surface area contributed by atoms with E-state index >= 15 is 0 Å². The van der Waals surface area contributed by atoms with Gasteiger partial charge in [-0.3, -0.25) is 0 Å². The van der Waals surface area contributed by atoms with Gasteiger partial charge in [-0.2, -0.15) is 0 Å². The molecule has 2 heterocycles. The molecule has 1 spiro atoms. The maximum atomic E-state index is 5.58. The van der Waals surface area contributed by atoms with Crippen LogP contribution in [0.1, 0.15) is 36.3 Å². The van der Waals surface area contributed by atoms with Crippen LogP contribution in [0.5, 0.6) is 0 Å². The van der Waals surface area contributed by atoms with Gasteiger partial charge >= 0.3 is 0 Å². The Morgan fingerprint density at radius 1 is 1.22 bits per heavy atom. The monoisotopic (exact) mass is 245 g/mol. The summed E-state index contributed by atoms with van der Waals surface area (Å²) in [5, 5.41) is 3.58. The van der Waals surface area contributed by atoms with Crippen LogP contribution in [0.15, 0.2) is 24.3 Å². The molecule has 0 aliphatic carbocycles. The van der Waals surface area contributed by atoms with Gasteiger partial charge in [-0.1, -0.05) is 29.8 Å². The van der Waals surface area contributed by atoms with Crippen LogP contribution in [0.2, 0.25) is 0 Å². The molecule has 0 amide bonds. The van der Waals surface area contributed by atoms with Crippen molar-refractivity contribution in [1.82, 2.24) is 5.32 Å². The molecule has 1 atom stereocenters. The summed E-state index contributed by atoms with van der Waals surface area (Å²) >= 11 is 0. The molecule has 2 saturated heterocycles. The van der Waals surface area contributed by atoms with Crippen LogP contribution in [-0.2, 0) is 4.74 Å². The number of rotatable bonds is 1. The minimum absolute atomic E-state index is 0.483. The molecule has 1 aromatic rings. The largest absolute Gasteiger partial charge is 0.381 e. The van der Waals surface area contributed by atoms with Gasteiger partial charge in [-0.25, -0.2) is 0 Å². The van der Waals surface area contributed by atoms with Crippen LogP contribution in [0.25, 0.3) is 0 Å². The Morgan fingerprint density at radius 3 is 2.83 bits per heavy atom. The van der Waals surface area contributed by atoms with E-state index in [0.717, 1.165) is 19.8 Å². The molecule has 2 aliphatic rings. The molecule has 98 valence electrons. The fourth-order valence-electron chi connectivity index (χ4n) is 3.71. The van der Waals surface area contributed by atoms with Gasteiger partial charge < -0.3 is 10.1 Å². The average Bonchev–Trinajstić information content (AvgIpc) is 2.40. The average molecular weight is 245 g/mol. The van der Waals surface area contributed by atoms with Crippen molar-refractivity contribution < 1.29 is 4.74 Å². The first kappa shape index (κ1) is 12.2. The number of benzene rings is 1. The van der Waals surface area contributed by atoms with Crippen LogP contribution >= 0.6 is 0 Å². The second-order valence-electron chi connectivity index (χ2n) is 5.90.